The van der Waals surface area contributed by atoms with E-state index in [0.29, 0.717) is 18.8 Å². The van der Waals surface area contributed by atoms with Crippen molar-refractivity contribution in [2.45, 2.75) is 46.0 Å². The summed E-state index contributed by atoms with van der Waals surface area (Å²) in [5.74, 6) is 0.424. The average molecular weight is 241 g/mol. The molecule has 1 aromatic rings. The number of nitriles is 1. The first-order valence-corrected chi connectivity index (χ1v) is 6.57. The minimum absolute atomic E-state index is 0.0243. The number of rotatable bonds is 3. The van der Waals surface area contributed by atoms with Crippen molar-refractivity contribution >= 4 is 5.78 Å². The van der Waals surface area contributed by atoms with Crippen molar-refractivity contribution in [2.75, 3.05) is 0 Å². The zero-order chi connectivity index (χ0) is 13.3. The van der Waals surface area contributed by atoms with E-state index in [9.17, 15) is 10.1 Å². The quantitative estimate of drug-likeness (QED) is 0.750. The minimum Gasteiger partial charge on any atom is -0.292 e. The Morgan fingerprint density at radius 3 is 2.50 bits per heavy atom. The molecule has 0 aliphatic heterocycles. The highest BCUT2D eigenvalue weighted by Crippen LogP contribution is 2.43. The van der Waals surface area contributed by atoms with Crippen molar-refractivity contribution in [3.63, 3.8) is 0 Å². The van der Waals surface area contributed by atoms with Gasteiger partial charge in [0.25, 0.3) is 0 Å². The maximum Gasteiger partial charge on any atom is 0.183 e. The third kappa shape index (κ3) is 1.95. The van der Waals surface area contributed by atoms with Gasteiger partial charge in [0.2, 0.25) is 0 Å². The third-order valence-electron chi connectivity index (χ3n) is 4.03. The lowest BCUT2D eigenvalue weighted by molar-refractivity contribution is 0.0747. The molecular formula is C16H19NO. The van der Waals surface area contributed by atoms with Crippen LogP contribution in [-0.4, -0.2) is 5.78 Å². The zero-order valence-electron chi connectivity index (χ0n) is 11.3. The van der Waals surface area contributed by atoms with Crippen LogP contribution in [-0.2, 0) is 0 Å². The fourth-order valence-corrected chi connectivity index (χ4v) is 2.42. The van der Waals surface area contributed by atoms with Crippen molar-refractivity contribution in [3.8, 4) is 6.07 Å². The lowest BCUT2D eigenvalue weighted by atomic mass is 9.65. The molecule has 0 aromatic heterocycles. The lowest BCUT2D eigenvalue weighted by Gasteiger charge is -2.34. The molecule has 0 bridgehead atoms. The molecule has 1 aliphatic carbocycles. The van der Waals surface area contributed by atoms with Crippen LogP contribution in [0.15, 0.2) is 18.2 Å². The number of Topliss-reactive ketones (excluding diaryl/α,β-unsaturated/α-hetero) is 1. The van der Waals surface area contributed by atoms with Crippen LogP contribution in [0.5, 0.6) is 0 Å². The summed E-state index contributed by atoms with van der Waals surface area (Å²) in [6.45, 7) is 6.17. The van der Waals surface area contributed by atoms with Crippen LogP contribution in [0.25, 0.3) is 0 Å². The third-order valence-corrected chi connectivity index (χ3v) is 4.03. The number of hydrogen-bond acceptors (Lipinski definition) is 2. The first kappa shape index (κ1) is 12.8. The van der Waals surface area contributed by atoms with Crippen LogP contribution in [0.2, 0.25) is 0 Å². The van der Waals surface area contributed by atoms with Gasteiger partial charge < -0.3 is 0 Å². The van der Waals surface area contributed by atoms with Crippen LogP contribution in [0.1, 0.15) is 60.5 Å². The Morgan fingerprint density at radius 2 is 2.06 bits per heavy atom. The molecule has 0 saturated heterocycles. The first-order valence-electron chi connectivity index (χ1n) is 6.57. The molecule has 18 heavy (non-hydrogen) atoms. The summed E-state index contributed by atoms with van der Waals surface area (Å²) in [7, 11) is 0. The van der Waals surface area contributed by atoms with Gasteiger partial charge in [0.15, 0.2) is 5.78 Å². The molecule has 1 saturated carbocycles. The van der Waals surface area contributed by atoms with Gasteiger partial charge in [-0.25, -0.2) is 0 Å². The fraction of sp³-hybridized carbons (Fsp3) is 0.500. The second-order valence-corrected chi connectivity index (χ2v) is 5.61. The summed E-state index contributed by atoms with van der Waals surface area (Å²) in [6, 6.07) is 8.27. The van der Waals surface area contributed by atoms with Crippen molar-refractivity contribution in [2.24, 2.45) is 5.41 Å². The maximum absolute atomic E-state index is 12.6. The van der Waals surface area contributed by atoms with Gasteiger partial charge >= 0.3 is 0 Å². The van der Waals surface area contributed by atoms with Gasteiger partial charge in [-0.15, -0.1) is 0 Å². The van der Waals surface area contributed by atoms with Crippen LogP contribution in [0.4, 0.5) is 0 Å². The molecule has 0 heterocycles. The van der Waals surface area contributed by atoms with E-state index in [-0.39, 0.29) is 5.78 Å². The van der Waals surface area contributed by atoms with E-state index in [1.54, 1.807) is 0 Å². The molecule has 0 spiro atoms. The molecule has 2 nitrogen and oxygen atoms in total. The van der Waals surface area contributed by atoms with Gasteiger partial charge in [0, 0.05) is 5.56 Å². The number of aryl methyl sites for hydroxylation is 1. The van der Waals surface area contributed by atoms with Gasteiger partial charge in [0.05, 0.1) is 6.07 Å². The zero-order valence-corrected chi connectivity index (χ0v) is 11.3. The molecule has 0 atom stereocenters. The van der Waals surface area contributed by atoms with E-state index >= 15 is 0 Å². The second-order valence-electron chi connectivity index (χ2n) is 5.61. The van der Waals surface area contributed by atoms with E-state index in [2.05, 4.69) is 26.0 Å². The van der Waals surface area contributed by atoms with Crippen molar-refractivity contribution < 1.29 is 4.79 Å². The number of ketones is 1. The van der Waals surface area contributed by atoms with Crippen molar-refractivity contribution in [1.82, 2.24) is 0 Å². The molecule has 2 rings (SSSR count). The molecule has 0 N–H and O–H groups in total. The molecule has 0 unspecified atom stereocenters. The molecule has 1 fully saturated rings. The summed E-state index contributed by atoms with van der Waals surface area (Å²) in [4.78, 5) is 12.6. The number of nitrogens with zero attached hydrogens (tertiary/aromatic N) is 1. The largest absolute Gasteiger partial charge is 0.292 e. The van der Waals surface area contributed by atoms with Crippen LogP contribution < -0.4 is 0 Å². The van der Waals surface area contributed by atoms with Crippen molar-refractivity contribution in [3.05, 3.63) is 34.9 Å². The highest BCUT2D eigenvalue weighted by molar-refractivity contribution is 6.04. The van der Waals surface area contributed by atoms with Gasteiger partial charge in [-0.05, 0) is 49.3 Å². The van der Waals surface area contributed by atoms with Crippen LogP contribution >= 0.6 is 0 Å². The molecule has 2 heteroatoms. The Bertz CT molecular complexity index is 518. The molecule has 0 amide bonds. The van der Waals surface area contributed by atoms with E-state index in [0.717, 1.165) is 23.1 Å². The summed E-state index contributed by atoms with van der Waals surface area (Å²) in [6.07, 6.45) is 2.42. The monoisotopic (exact) mass is 241 g/mol. The summed E-state index contributed by atoms with van der Waals surface area (Å²) in [5, 5.41) is 9.27. The maximum atomic E-state index is 12.6. The van der Waals surface area contributed by atoms with E-state index in [4.69, 9.17) is 0 Å². The fourth-order valence-electron chi connectivity index (χ4n) is 2.42. The average Bonchev–Trinajstić information content (AvgIpc) is 2.28. The Morgan fingerprint density at radius 1 is 1.39 bits per heavy atom. The van der Waals surface area contributed by atoms with Crippen LogP contribution in [0, 0.1) is 23.7 Å². The summed E-state index contributed by atoms with van der Waals surface area (Å²) >= 11 is 0. The second kappa shape index (κ2) is 4.57. The predicted molar refractivity (Wildman–Crippen MR) is 71.5 cm³/mol. The van der Waals surface area contributed by atoms with Gasteiger partial charge in [-0.2, -0.15) is 5.26 Å². The predicted octanol–water partition coefficient (Wildman–Crippen LogP) is 4.00. The Hall–Kier alpha value is -1.62. The van der Waals surface area contributed by atoms with E-state index in [1.165, 1.54) is 0 Å². The standard InChI is InChI=1S/C16H19NO/c1-11(2)13-6-5-12(3)14(9-13)15(18)16(10-17)7-4-8-16/h5-6,9,11H,4,7-8H2,1-3H3. The highest BCUT2D eigenvalue weighted by atomic mass is 16.1. The van der Waals surface area contributed by atoms with E-state index < -0.39 is 5.41 Å². The Kier molecular flexibility index (Phi) is 3.26. The van der Waals surface area contributed by atoms with Gasteiger partial charge in [-0.1, -0.05) is 26.0 Å². The van der Waals surface area contributed by atoms with Crippen LogP contribution in [0.3, 0.4) is 0 Å². The van der Waals surface area contributed by atoms with Gasteiger partial charge in [0.1, 0.15) is 5.41 Å². The van der Waals surface area contributed by atoms with E-state index in [1.807, 2.05) is 19.1 Å². The minimum atomic E-state index is -0.736. The summed E-state index contributed by atoms with van der Waals surface area (Å²) in [5.41, 5.74) is 2.14. The summed E-state index contributed by atoms with van der Waals surface area (Å²) < 4.78 is 0. The number of carbonyl (C=O) groups excluding carboxylic acids is 1. The SMILES string of the molecule is Cc1ccc(C(C)C)cc1C(=O)C1(C#N)CCC1. The number of benzene rings is 1. The molecule has 1 aliphatic rings. The molecule has 0 radical (unpaired) electrons. The van der Waals surface area contributed by atoms with Crippen molar-refractivity contribution in [1.29, 1.82) is 5.26 Å². The number of hydrogen-bond donors (Lipinski definition) is 0. The topological polar surface area (TPSA) is 40.9 Å². The lowest BCUT2D eigenvalue weighted by Crippen LogP contribution is -2.37. The Balaban J connectivity index is 2.42. The first-order chi connectivity index (χ1) is 8.50. The van der Waals surface area contributed by atoms with Gasteiger partial charge in [-0.3, -0.25) is 4.79 Å². The normalized spacial score (nSPS) is 17.1. The highest BCUT2D eigenvalue weighted by Gasteiger charge is 2.45. The molecular weight excluding hydrogens is 222 g/mol. The smallest absolute Gasteiger partial charge is 0.183 e. The number of carbonyl (C=O) groups is 1. The molecule has 1 aromatic carbocycles. The molecule has 94 valence electrons. The Labute approximate surface area is 109 Å².